The average Bonchev–Trinajstić information content (AvgIpc) is 2.50. The molecule has 1 heterocycles. The quantitative estimate of drug-likeness (QED) is 0.254. The van der Waals surface area contributed by atoms with E-state index in [9.17, 15) is 19.5 Å². The first kappa shape index (κ1) is 17.6. The van der Waals surface area contributed by atoms with Crippen LogP contribution in [-0.2, 0) is 15.7 Å². The summed E-state index contributed by atoms with van der Waals surface area (Å²) in [5.41, 5.74) is 0.259. The molecule has 0 amide bonds. The molecule has 1 aromatic heterocycles. The van der Waals surface area contributed by atoms with Gasteiger partial charge in [-0.05, 0) is 11.7 Å². The van der Waals surface area contributed by atoms with Crippen LogP contribution in [0.1, 0.15) is 28.9 Å². The smallest absolute Gasteiger partial charge is 0.386 e. The van der Waals surface area contributed by atoms with E-state index in [0.717, 1.165) is 0 Å². The van der Waals surface area contributed by atoms with Crippen LogP contribution in [0, 0.1) is 6.92 Å². The molecule has 10 heteroatoms. The number of H-pyrrole nitrogens is 1. The number of nitrogens with zero attached hydrogens (tertiary/aromatic N) is 1. The maximum Gasteiger partial charge on any atom is 0.386 e. The Kier molecular flexibility index (Phi) is 6.17. The summed E-state index contributed by atoms with van der Waals surface area (Å²) in [4.78, 5) is 33.5. The SMILES string of the molecule is CCOC(=O)c1c(C)[nH]c(CCP(=O)([O-])O)[n+]1O.O. The molecular weight excluding hydrogens is 279 g/mol. The van der Waals surface area contributed by atoms with Gasteiger partial charge in [0.2, 0.25) is 0 Å². The molecule has 0 aliphatic carbocycles. The standard InChI is InChI=1S/C9H15N2O6P.H2O/c1-3-17-9(12)8-6(2)10-7(11(8)13)4-5-18(14,15)16;/h13H,3-5H2,1-2H3,(H2,14,15,16);1H2. The van der Waals surface area contributed by atoms with Gasteiger partial charge in [0.25, 0.3) is 11.5 Å². The van der Waals surface area contributed by atoms with Gasteiger partial charge in [-0.2, -0.15) is 0 Å². The number of imidazole rings is 1. The lowest BCUT2D eigenvalue weighted by Crippen LogP contribution is -2.40. The molecule has 0 fully saturated rings. The molecule has 0 aliphatic heterocycles. The van der Waals surface area contributed by atoms with Gasteiger partial charge in [-0.1, -0.05) is 0 Å². The molecule has 1 unspecified atom stereocenters. The zero-order valence-electron chi connectivity index (χ0n) is 10.5. The van der Waals surface area contributed by atoms with Gasteiger partial charge in [0.05, 0.1) is 13.0 Å². The Morgan fingerprint density at radius 1 is 1.58 bits per heavy atom. The fraction of sp³-hybridized carbons (Fsp3) is 0.556. The third kappa shape index (κ3) is 4.64. The van der Waals surface area contributed by atoms with E-state index in [0.29, 0.717) is 10.4 Å². The van der Waals surface area contributed by atoms with Gasteiger partial charge in [0, 0.05) is 13.1 Å². The van der Waals surface area contributed by atoms with Crippen LogP contribution in [0.5, 0.6) is 0 Å². The van der Waals surface area contributed by atoms with Crippen molar-refractivity contribution in [3.05, 3.63) is 17.2 Å². The third-order valence-corrected chi connectivity index (χ3v) is 3.04. The fourth-order valence-electron chi connectivity index (χ4n) is 1.48. The Hall–Kier alpha value is -1.41. The number of hydrogen-bond donors (Lipinski definition) is 3. The molecule has 110 valence electrons. The second-order valence-electron chi connectivity index (χ2n) is 3.69. The largest absolute Gasteiger partial charge is 0.779 e. The molecule has 9 nitrogen and oxygen atoms in total. The summed E-state index contributed by atoms with van der Waals surface area (Å²) in [6.45, 7) is 3.32. The van der Waals surface area contributed by atoms with Crippen molar-refractivity contribution in [2.45, 2.75) is 20.3 Å². The first-order valence-corrected chi connectivity index (χ1v) is 7.05. The van der Waals surface area contributed by atoms with E-state index in [4.69, 9.17) is 9.63 Å². The zero-order chi connectivity index (χ0) is 13.9. The number of aromatic amines is 1. The first-order valence-electron chi connectivity index (χ1n) is 5.29. The van der Waals surface area contributed by atoms with Gasteiger partial charge in [0.1, 0.15) is 7.60 Å². The summed E-state index contributed by atoms with van der Waals surface area (Å²) >= 11 is 0. The molecule has 19 heavy (non-hydrogen) atoms. The minimum absolute atomic E-state index is 0. The molecule has 0 spiro atoms. The normalized spacial score (nSPS) is 13.5. The van der Waals surface area contributed by atoms with Crippen LogP contribution in [0.2, 0.25) is 0 Å². The molecule has 0 radical (unpaired) electrons. The Morgan fingerprint density at radius 2 is 2.16 bits per heavy atom. The Labute approximate surface area is 109 Å². The van der Waals surface area contributed by atoms with Crippen LogP contribution >= 0.6 is 7.60 Å². The Morgan fingerprint density at radius 3 is 2.63 bits per heavy atom. The Balaban J connectivity index is 0.00000324. The summed E-state index contributed by atoms with van der Waals surface area (Å²) in [6.07, 6.45) is -0.677. The van der Waals surface area contributed by atoms with Crippen LogP contribution in [0.25, 0.3) is 0 Å². The number of carbonyl (C=O) groups is 1. The van der Waals surface area contributed by atoms with Gasteiger partial charge in [-0.3, -0.25) is 0 Å². The Bertz CT molecular complexity index is 493. The highest BCUT2D eigenvalue weighted by Crippen LogP contribution is 2.28. The average molecular weight is 296 g/mol. The van der Waals surface area contributed by atoms with Crippen molar-refractivity contribution >= 4 is 13.6 Å². The van der Waals surface area contributed by atoms with Crippen molar-refractivity contribution in [2.75, 3.05) is 12.8 Å². The predicted octanol–water partition coefficient (Wildman–Crippen LogP) is -1.71. The number of ether oxygens (including phenoxy) is 1. The van der Waals surface area contributed by atoms with E-state index >= 15 is 0 Å². The van der Waals surface area contributed by atoms with Crippen molar-refractivity contribution < 1.29 is 39.3 Å². The molecule has 1 rings (SSSR count). The minimum atomic E-state index is -4.40. The molecular formula is C9H17N2O7P. The molecule has 0 aromatic carbocycles. The fourth-order valence-corrected chi connectivity index (χ4v) is 1.97. The van der Waals surface area contributed by atoms with E-state index in [1.54, 1.807) is 6.92 Å². The van der Waals surface area contributed by atoms with Crippen molar-refractivity contribution in [1.82, 2.24) is 4.98 Å². The summed E-state index contributed by atoms with van der Waals surface area (Å²) in [6, 6.07) is 0. The molecule has 1 aromatic rings. The van der Waals surface area contributed by atoms with Crippen LogP contribution in [0.3, 0.4) is 0 Å². The third-order valence-electron chi connectivity index (χ3n) is 2.25. The lowest BCUT2D eigenvalue weighted by Gasteiger charge is -2.12. The second kappa shape index (κ2) is 6.67. The lowest BCUT2D eigenvalue weighted by atomic mass is 10.3. The number of esters is 1. The minimum Gasteiger partial charge on any atom is -0.779 e. The van der Waals surface area contributed by atoms with E-state index in [2.05, 4.69) is 4.98 Å². The van der Waals surface area contributed by atoms with E-state index in [-0.39, 0.29) is 30.0 Å². The zero-order valence-corrected chi connectivity index (χ0v) is 11.4. The van der Waals surface area contributed by atoms with Gasteiger partial charge in [-0.15, -0.1) is 0 Å². The molecule has 1 atom stereocenters. The van der Waals surface area contributed by atoms with E-state index in [1.807, 2.05) is 0 Å². The van der Waals surface area contributed by atoms with Crippen LogP contribution < -0.4 is 9.62 Å². The first-order chi connectivity index (χ1) is 8.26. The van der Waals surface area contributed by atoms with Gasteiger partial charge < -0.3 is 29.8 Å². The number of hydrogen-bond acceptors (Lipinski definition) is 5. The van der Waals surface area contributed by atoms with Crippen LogP contribution in [-0.4, -0.2) is 39.3 Å². The maximum absolute atomic E-state index is 11.5. The van der Waals surface area contributed by atoms with Crippen molar-refractivity contribution in [3.8, 4) is 0 Å². The van der Waals surface area contributed by atoms with Crippen LogP contribution in [0.15, 0.2) is 0 Å². The topological polar surface area (TPSA) is 158 Å². The van der Waals surface area contributed by atoms with E-state index in [1.165, 1.54) is 6.92 Å². The molecule has 5 N–H and O–H groups in total. The number of aryl methyl sites for hydroxylation is 2. The highest BCUT2D eigenvalue weighted by atomic mass is 31.2. The van der Waals surface area contributed by atoms with Gasteiger partial charge >= 0.3 is 5.97 Å². The van der Waals surface area contributed by atoms with Crippen molar-refractivity contribution in [3.63, 3.8) is 0 Å². The van der Waals surface area contributed by atoms with Gasteiger partial charge in [0.15, 0.2) is 5.69 Å². The molecule has 0 aliphatic rings. The molecule has 0 saturated heterocycles. The van der Waals surface area contributed by atoms with E-state index < -0.39 is 19.7 Å². The highest BCUT2D eigenvalue weighted by Gasteiger charge is 2.29. The van der Waals surface area contributed by atoms with Crippen molar-refractivity contribution in [1.29, 1.82) is 0 Å². The van der Waals surface area contributed by atoms with Crippen LogP contribution in [0.4, 0.5) is 0 Å². The van der Waals surface area contributed by atoms with Gasteiger partial charge in [-0.25, -0.2) is 9.78 Å². The number of nitrogens with one attached hydrogen (secondary N) is 1. The summed E-state index contributed by atoms with van der Waals surface area (Å²) < 4.78 is 15.9. The summed E-state index contributed by atoms with van der Waals surface area (Å²) in [5, 5.41) is 9.71. The second-order valence-corrected chi connectivity index (χ2v) is 5.41. The number of aromatic nitrogens is 2. The number of carbonyl (C=O) groups excluding carboxylic acids is 1. The monoisotopic (exact) mass is 296 g/mol. The van der Waals surface area contributed by atoms with Crippen molar-refractivity contribution in [2.24, 2.45) is 0 Å². The predicted molar refractivity (Wildman–Crippen MR) is 60.9 cm³/mol. The highest BCUT2D eigenvalue weighted by molar-refractivity contribution is 7.50. The lowest BCUT2D eigenvalue weighted by molar-refractivity contribution is -0.910. The molecule has 0 saturated carbocycles. The molecule has 0 bridgehead atoms. The summed E-state index contributed by atoms with van der Waals surface area (Å²) in [5.74, 6) is -0.616. The summed E-state index contributed by atoms with van der Waals surface area (Å²) in [7, 11) is -4.40. The number of rotatable bonds is 5. The maximum atomic E-state index is 11.5.